The van der Waals surface area contributed by atoms with E-state index >= 15 is 0 Å². The summed E-state index contributed by atoms with van der Waals surface area (Å²) in [5.74, 6) is -0.329. The summed E-state index contributed by atoms with van der Waals surface area (Å²) in [6.45, 7) is 1.01. The van der Waals surface area contributed by atoms with Crippen molar-refractivity contribution in [3.63, 3.8) is 0 Å². The molecule has 1 aliphatic rings. The first-order chi connectivity index (χ1) is 17.8. The maximum absolute atomic E-state index is 13.4. The van der Waals surface area contributed by atoms with Gasteiger partial charge in [-0.2, -0.15) is 13.2 Å². The second kappa shape index (κ2) is 8.73. The van der Waals surface area contributed by atoms with Gasteiger partial charge in [-0.3, -0.25) is 9.59 Å². The van der Waals surface area contributed by atoms with Crippen molar-refractivity contribution in [1.29, 1.82) is 0 Å². The summed E-state index contributed by atoms with van der Waals surface area (Å²) in [6.07, 6.45) is -3.17. The van der Waals surface area contributed by atoms with Crippen LogP contribution in [0.15, 0.2) is 58.1 Å². The van der Waals surface area contributed by atoms with Gasteiger partial charge in [0.2, 0.25) is 0 Å². The van der Waals surface area contributed by atoms with Gasteiger partial charge in [-0.05, 0) is 36.4 Å². The van der Waals surface area contributed by atoms with E-state index in [1.807, 2.05) is 10.8 Å². The Hall–Kier alpha value is -4.19. The number of nitrogens with zero attached hydrogens (tertiary/aromatic N) is 4. The van der Waals surface area contributed by atoms with Gasteiger partial charge in [0.15, 0.2) is 5.69 Å². The first kappa shape index (κ1) is 23.2. The fourth-order valence-electron chi connectivity index (χ4n) is 4.57. The third-order valence-corrected chi connectivity index (χ3v) is 7.15. The van der Waals surface area contributed by atoms with Crippen LogP contribution in [-0.4, -0.2) is 56.9 Å². The summed E-state index contributed by atoms with van der Waals surface area (Å²) < 4.78 is 40.2. The van der Waals surface area contributed by atoms with Gasteiger partial charge in [-0.15, -0.1) is 11.3 Å². The average Bonchev–Trinajstić information content (AvgIpc) is 3.53. The Kier molecular flexibility index (Phi) is 5.48. The standard InChI is InChI=1S/C25H19F3N6O2S/c26-25(27,28)16-2-1-5-29-22(16)33-6-8-34(9-7-33)24(36)14-3-4-17-15(10-14)11-18(30-17)21-23(35)32-20-13-37-12-19(20)31-21/h1-5,10-13,30H,6-9H2,(H,32,35). The number of aromatic nitrogens is 4. The number of hydrogen-bond donors (Lipinski definition) is 2. The van der Waals surface area contributed by atoms with E-state index in [0.29, 0.717) is 22.3 Å². The number of fused-ring (bicyclic) bond motifs is 2. The summed E-state index contributed by atoms with van der Waals surface area (Å²) in [4.78, 5) is 43.3. The van der Waals surface area contributed by atoms with Gasteiger partial charge in [0.1, 0.15) is 5.82 Å². The van der Waals surface area contributed by atoms with Crippen LogP contribution in [0.25, 0.3) is 33.3 Å². The molecular formula is C25H19F3N6O2S. The van der Waals surface area contributed by atoms with Crippen molar-refractivity contribution in [3.05, 3.63) is 74.8 Å². The molecule has 1 fully saturated rings. The summed E-state index contributed by atoms with van der Waals surface area (Å²) in [7, 11) is 0. The number of carbonyl (C=O) groups excluding carboxylic acids is 1. The van der Waals surface area contributed by atoms with Gasteiger partial charge in [0, 0.05) is 59.6 Å². The van der Waals surface area contributed by atoms with Crippen LogP contribution in [0.3, 0.4) is 0 Å². The van der Waals surface area contributed by atoms with Crippen LogP contribution in [0, 0.1) is 0 Å². The van der Waals surface area contributed by atoms with Crippen LogP contribution < -0.4 is 10.5 Å². The second-order valence-corrected chi connectivity index (χ2v) is 9.47. The Morgan fingerprint density at radius 2 is 1.81 bits per heavy atom. The number of rotatable bonds is 3. The highest BCUT2D eigenvalue weighted by molar-refractivity contribution is 7.09. The Balaban J connectivity index is 1.21. The van der Waals surface area contributed by atoms with Crippen LogP contribution in [0.1, 0.15) is 15.9 Å². The smallest absolute Gasteiger partial charge is 0.353 e. The number of alkyl halides is 3. The molecule has 188 valence electrons. The molecule has 5 aromatic rings. The fourth-order valence-corrected chi connectivity index (χ4v) is 5.27. The predicted molar refractivity (Wildman–Crippen MR) is 135 cm³/mol. The summed E-state index contributed by atoms with van der Waals surface area (Å²) in [5.41, 5.74) is 2.29. The number of amides is 1. The van der Waals surface area contributed by atoms with Crippen LogP contribution in [-0.2, 0) is 6.18 Å². The SMILES string of the molecule is O=C(c1ccc2[nH]c(-c3nc4cscc4[nH]c3=O)cc2c1)N1CCN(c2ncccc2C(F)(F)F)CC1. The Bertz CT molecular complexity index is 1700. The lowest BCUT2D eigenvalue weighted by molar-refractivity contribution is -0.137. The summed E-state index contributed by atoms with van der Waals surface area (Å²) in [5, 5.41) is 4.42. The number of benzene rings is 1. The first-order valence-corrected chi connectivity index (χ1v) is 12.4. The molecule has 0 saturated carbocycles. The minimum atomic E-state index is -4.50. The molecule has 4 aromatic heterocycles. The monoisotopic (exact) mass is 524 g/mol. The molecule has 8 nitrogen and oxygen atoms in total. The number of carbonyl (C=O) groups is 1. The molecule has 6 rings (SSSR count). The van der Waals surface area contributed by atoms with Crippen molar-refractivity contribution in [1.82, 2.24) is 24.8 Å². The van der Waals surface area contributed by atoms with Crippen molar-refractivity contribution >= 4 is 45.0 Å². The lowest BCUT2D eigenvalue weighted by Crippen LogP contribution is -2.49. The van der Waals surface area contributed by atoms with Gasteiger partial charge in [0.05, 0.1) is 22.3 Å². The number of pyridine rings is 1. The normalized spacial score (nSPS) is 14.6. The van der Waals surface area contributed by atoms with Crippen LogP contribution in [0.2, 0.25) is 0 Å². The number of halogens is 3. The van der Waals surface area contributed by atoms with Gasteiger partial charge >= 0.3 is 6.18 Å². The Labute approximate surface area is 211 Å². The largest absolute Gasteiger partial charge is 0.419 e. The quantitative estimate of drug-likeness (QED) is 0.362. The number of thiophene rings is 1. The van der Waals surface area contributed by atoms with Crippen molar-refractivity contribution in [2.24, 2.45) is 0 Å². The van der Waals surface area contributed by atoms with Gasteiger partial charge in [-0.25, -0.2) is 9.97 Å². The molecule has 12 heteroatoms. The molecule has 0 aliphatic carbocycles. The van der Waals surface area contributed by atoms with E-state index in [0.717, 1.165) is 17.0 Å². The Morgan fingerprint density at radius 1 is 1.00 bits per heavy atom. The number of anilines is 1. The number of nitrogens with one attached hydrogen (secondary N) is 2. The van der Waals surface area contributed by atoms with E-state index in [1.54, 1.807) is 34.1 Å². The van der Waals surface area contributed by atoms with E-state index in [1.165, 1.54) is 23.6 Å². The number of aromatic amines is 2. The molecule has 0 atom stereocenters. The zero-order valence-electron chi connectivity index (χ0n) is 19.2. The molecule has 0 spiro atoms. The fraction of sp³-hybridized carbons (Fsp3) is 0.200. The van der Waals surface area contributed by atoms with Crippen molar-refractivity contribution in [3.8, 4) is 11.4 Å². The first-order valence-electron chi connectivity index (χ1n) is 11.4. The maximum atomic E-state index is 13.4. The zero-order valence-corrected chi connectivity index (χ0v) is 20.0. The molecule has 1 aliphatic heterocycles. The highest BCUT2D eigenvalue weighted by atomic mass is 32.1. The molecular weight excluding hydrogens is 505 g/mol. The molecule has 0 unspecified atom stereocenters. The van der Waals surface area contributed by atoms with Crippen molar-refractivity contribution in [2.75, 3.05) is 31.1 Å². The lowest BCUT2D eigenvalue weighted by atomic mass is 10.1. The molecule has 1 aromatic carbocycles. The lowest BCUT2D eigenvalue weighted by Gasteiger charge is -2.36. The second-order valence-electron chi connectivity index (χ2n) is 8.72. The molecule has 1 saturated heterocycles. The van der Waals surface area contributed by atoms with Crippen LogP contribution in [0.4, 0.5) is 19.0 Å². The van der Waals surface area contributed by atoms with Crippen molar-refractivity contribution in [2.45, 2.75) is 6.18 Å². The number of H-pyrrole nitrogens is 2. The van der Waals surface area contributed by atoms with Crippen LogP contribution in [0.5, 0.6) is 0 Å². The van der Waals surface area contributed by atoms with E-state index < -0.39 is 11.7 Å². The van der Waals surface area contributed by atoms with Gasteiger partial charge in [-0.1, -0.05) is 0 Å². The van der Waals surface area contributed by atoms with Gasteiger partial charge in [0.25, 0.3) is 11.5 Å². The van der Waals surface area contributed by atoms with E-state index in [-0.39, 0.29) is 49.2 Å². The third-order valence-electron chi connectivity index (χ3n) is 6.42. The van der Waals surface area contributed by atoms with E-state index in [4.69, 9.17) is 0 Å². The zero-order chi connectivity index (χ0) is 25.7. The molecule has 0 radical (unpaired) electrons. The van der Waals surface area contributed by atoms with Gasteiger partial charge < -0.3 is 19.8 Å². The summed E-state index contributed by atoms with van der Waals surface area (Å²) >= 11 is 1.45. The third kappa shape index (κ3) is 4.22. The van der Waals surface area contributed by atoms with Crippen molar-refractivity contribution < 1.29 is 18.0 Å². The molecule has 1 amide bonds. The molecule has 0 bridgehead atoms. The minimum Gasteiger partial charge on any atom is -0.353 e. The maximum Gasteiger partial charge on any atom is 0.419 e. The molecule has 37 heavy (non-hydrogen) atoms. The average molecular weight is 525 g/mol. The minimum absolute atomic E-state index is 0.118. The topological polar surface area (TPSA) is 98.0 Å². The number of hydrogen-bond acceptors (Lipinski definition) is 6. The highest BCUT2D eigenvalue weighted by Gasteiger charge is 2.36. The number of piperazine rings is 1. The Morgan fingerprint density at radius 3 is 2.59 bits per heavy atom. The van der Waals surface area contributed by atoms with E-state index in [9.17, 15) is 22.8 Å². The summed E-state index contributed by atoms with van der Waals surface area (Å²) in [6, 6.07) is 9.26. The molecule has 2 N–H and O–H groups in total. The highest BCUT2D eigenvalue weighted by Crippen LogP contribution is 2.35. The van der Waals surface area contributed by atoms with E-state index in [2.05, 4.69) is 19.9 Å². The predicted octanol–water partition coefficient (Wildman–Crippen LogP) is 4.51. The molecule has 5 heterocycles. The van der Waals surface area contributed by atoms with Crippen LogP contribution >= 0.6 is 11.3 Å².